The highest BCUT2D eigenvalue weighted by Crippen LogP contribution is 2.23. The van der Waals surface area contributed by atoms with E-state index in [1.807, 2.05) is 24.4 Å². The first-order valence-corrected chi connectivity index (χ1v) is 5.28. The van der Waals surface area contributed by atoms with E-state index in [4.69, 9.17) is 0 Å². The Labute approximate surface area is 91.1 Å². The third-order valence-corrected chi connectivity index (χ3v) is 2.73. The summed E-state index contributed by atoms with van der Waals surface area (Å²) in [6.07, 6.45) is 1.51. The molecule has 0 fully saturated rings. The lowest BCUT2D eigenvalue weighted by atomic mass is 10.1. The molecule has 1 aromatic heterocycles. The minimum Gasteiger partial charge on any atom is -0.242 e. The summed E-state index contributed by atoms with van der Waals surface area (Å²) >= 11 is 1.62. The van der Waals surface area contributed by atoms with Gasteiger partial charge in [-0.25, -0.2) is 9.78 Å². The summed E-state index contributed by atoms with van der Waals surface area (Å²) in [6.45, 7) is 1.97. The third-order valence-electron chi connectivity index (χ3n) is 1.96. The first kappa shape index (κ1) is 9.77. The molecule has 0 N–H and O–H groups in total. The van der Waals surface area contributed by atoms with E-state index in [9.17, 15) is 4.79 Å². The summed E-state index contributed by atoms with van der Waals surface area (Å²) in [4.78, 5) is 17.9. The number of rotatable bonds is 2. The molecule has 0 spiro atoms. The second kappa shape index (κ2) is 4.17. The van der Waals surface area contributed by atoms with Gasteiger partial charge in [-0.1, -0.05) is 12.1 Å². The Morgan fingerprint density at radius 2 is 2.07 bits per heavy atom. The zero-order chi connectivity index (χ0) is 10.7. The molecule has 0 atom stereocenters. The highest BCUT2D eigenvalue weighted by atomic mass is 32.1. The van der Waals surface area contributed by atoms with Crippen molar-refractivity contribution in [3.63, 3.8) is 0 Å². The summed E-state index contributed by atoms with van der Waals surface area (Å²) in [7, 11) is 0. The average Bonchev–Trinajstić information content (AvgIpc) is 2.67. The van der Waals surface area contributed by atoms with Gasteiger partial charge in [0.15, 0.2) is 0 Å². The highest BCUT2D eigenvalue weighted by Gasteiger charge is 2.01. The van der Waals surface area contributed by atoms with E-state index < -0.39 is 0 Å². The van der Waals surface area contributed by atoms with E-state index in [0.717, 1.165) is 16.3 Å². The topological polar surface area (TPSA) is 42.3 Å². The van der Waals surface area contributed by atoms with Gasteiger partial charge < -0.3 is 0 Å². The van der Waals surface area contributed by atoms with Crippen molar-refractivity contribution < 1.29 is 4.79 Å². The SMILES string of the molecule is Cc1nc(-c2ccc(N=C=O)cc2)cs1. The van der Waals surface area contributed by atoms with E-state index in [2.05, 4.69) is 9.98 Å². The van der Waals surface area contributed by atoms with Gasteiger partial charge in [0.1, 0.15) is 0 Å². The number of aromatic nitrogens is 1. The average molecular weight is 216 g/mol. The maximum Gasteiger partial charge on any atom is 0.240 e. The standard InChI is InChI=1S/C11H8N2OS/c1-8-13-11(6-15-8)9-2-4-10(5-3-9)12-7-14/h2-6H,1H3. The Morgan fingerprint density at radius 3 is 2.60 bits per heavy atom. The molecule has 0 unspecified atom stereocenters. The smallest absolute Gasteiger partial charge is 0.240 e. The molecule has 74 valence electrons. The maximum atomic E-state index is 10.0. The van der Waals surface area contributed by atoms with Gasteiger partial charge in [-0.05, 0) is 19.1 Å². The zero-order valence-corrected chi connectivity index (χ0v) is 8.91. The van der Waals surface area contributed by atoms with Crippen LogP contribution in [0.4, 0.5) is 5.69 Å². The van der Waals surface area contributed by atoms with Gasteiger partial charge in [-0.3, -0.25) is 0 Å². The number of carbonyl (C=O) groups excluding carboxylic acids is 1. The second-order valence-corrected chi connectivity index (χ2v) is 4.06. The predicted molar refractivity (Wildman–Crippen MR) is 60.1 cm³/mol. The molecule has 2 aromatic rings. The normalized spacial score (nSPS) is 9.67. The van der Waals surface area contributed by atoms with Crippen LogP contribution in [-0.4, -0.2) is 11.1 Å². The van der Waals surface area contributed by atoms with Crippen molar-refractivity contribution >= 4 is 23.1 Å². The first-order valence-electron chi connectivity index (χ1n) is 4.40. The monoisotopic (exact) mass is 216 g/mol. The maximum absolute atomic E-state index is 10.0. The Hall–Kier alpha value is -1.77. The summed E-state index contributed by atoms with van der Waals surface area (Å²) in [5, 5.41) is 3.05. The van der Waals surface area contributed by atoms with Gasteiger partial charge in [0.05, 0.1) is 16.4 Å². The van der Waals surface area contributed by atoms with Crippen LogP contribution < -0.4 is 0 Å². The number of hydrogen-bond donors (Lipinski definition) is 0. The Morgan fingerprint density at radius 1 is 1.33 bits per heavy atom. The lowest BCUT2D eigenvalue weighted by molar-refractivity contribution is 0.565. The predicted octanol–water partition coefficient (Wildman–Crippen LogP) is 3.09. The minimum absolute atomic E-state index is 0.612. The molecule has 15 heavy (non-hydrogen) atoms. The molecule has 1 heterocycles. The summed E-state index contributed by atoms with van der Waals surface area (Å²) in [6, 6.07) is 7.33. The van der Waals surface area contributed by atoms with E-state index in [0.29, 0.717) is 5.69 Å². The molecular weight excluding hydrogens is 208 g/mol. The quantitative estimate of drug-likeness (QED) is 0.571. The van der Waals surface area contributed by atoms with Gasteiger partial charge in [-0.15, -0.1) is 11.3 Å². The molecule has 0 bridgehead atoms. The molecule has 0 radical (unpaired) electrons. The third kappa shape index (κ3) is 2.18. The Balaban J connectivity index is 2.35. The Bertz CT molecular complexity index is 510. The molecule has 4 heteroatoms. The molecule has 2 rings (SSSR count). The summed E-state index contributed by atoms with van der Waals surface area (Å²) in [5.74, 6) is 0. The highest BCUT2D eigenvalue weighted by molar-refractivity contribution is 7.09. The van der Waals surface area contributed by atoms with Crippen molar-refractivity contribution in [3.05, 3.63) is 34.7 Å². The number of isocyanates is 1. The van der Waals surface area contributed by atoms with Crippen LogP contribution in [0, 0.1) is 6.92 Å². The van der Waals surface area contributed by atoms with Gasteiger partial charge >= 0.3 is 0 Å². The molecule has 3 nitrogen and oxygen atoms in total. The molecule has 0 saturated carbocycles. The molecule has 0 saturated heterocycles. The van der Waals surface area contributed by atoms with E-state index in [-0.39, 0.29) is 0 Å². The minimum atomic E-state index is 0.612. The van der Waals surface area contributed by atoms with Crippen LogP contribution in [-0.2, 0) is 4.79 Å². The number of hydrogen-bond acceptors (Lipinski definition) is 4. The van der Waals surface area contributed by atoms with Crippen molar-refractivity contribution in [2.24, 2.45) is 4.99 Å². The van der Waals surface area contributed by atoms with E-state index in [1.165, 1.54) is 6.08 Å². The Kier molecular flexibility index (Phi) is 2.72. The van der Waals surface area contributed by atoms with Crippen molar-refractivity contribution in [2.75, 3.05) is 0 Å². The fraction of sp³-hybridized carbons (Fsp3) is 0.0909. The van der Waals surface area contributed by atoms with Gasteiger partial charge in [0.2, 0.25) is 6.08 Å². The van der Waals surface area contributed by atoms with Gasteiger partial charge in [-0.2, -0.15) is 4.99 Å². The van der Waals surface area contributed by atoms with Crippen LogP contribution in [0.3, 0.4) is 0 Å². The van der Waals surface area contributed by atoms with Crippen molar-refractivity contribution in [1.82, 2.24) is 4.98 Å². The number of thiazole rings is 1. The van der Waals surface area contributed by atoms with Crippen molar-refractivity contribution in [2.45, 2.75) is 6.92 Å². The van der Waals surface area contributed by atoms with Crippen molar-refractivity contribution in [3.8, 4) is 11.3 Å². The molecule has 0 aliphatic heterocycles. The van der Waals surface area contributed by atoms with Gasteiger partial charge in [0.25, 0.3) is 0 Å². The van der Waals surface area contributed by atoms with Crippen LogP contribution in [0.5, 0.6) is 0 Å². The summed E-state index contributed by atoms with van der Waals surface area (Å²) < 4.78 is 0. The van der Waals surface area contributed by atoms with Crippen LogP contribution >= 0.6 is 11.3 Å². The van der Waals surface area contributed by atoms with Gasteiger partial charge in [0, 0.05) is 10.9 Å². The fourth-order valence-electron chi connectivity index (χ4n) is 1.26. The zero-order valence-electron chi connectivity index (χ0n) is 8.10. The molecule has 0 amide bonds. The molecule has 1 aromatic carbocycles. The molecule has 0 aliphatic carbocycles. The number of aryl methyl sites for hydroxylation is 1. The first-order chi connectivity index (χ1) is 7.29. The summed E-state index contributed by atoms with van der Waals surface area (Å²) in [5.41, 5.74) is 2.60. The largest absolute Gasteiger partial charge is 0.242 e. The fourth-order valence-corrected chi connectivity index (χ4v) is 1.88. The number of benzene rings is 1. The number of nitrogens with zero attached hydrogens (tertiary/aromatic N) is 2. The second-order valence-electron chi connectivity index (χ2n) is 3.00. The number of aliphatic imine (C=N–C) groups is 1. The van der Waals surface area contributed by atoms with Crippen LogP contribution in [0.25, 0.3) is 11.3 Å². The van der Waals surface area contributed by atoms with Crippen molar-refractivity contribution in [1.29, 1.82) is 0 Å². The van der Waals surface area contributed by atoms with E-state index >= 15 is 0 Å². The van der Waals surface area contributed by atoms with Crippen LogP contribution in [0.2, 0.25) is 0 Å². The lowest BCUT2D eigenvalue weighted by Gasteiger charge is -1.95. The van der Waals surface area contributed by atoms with E-state index in [1.54, 1.807) is 23.5 Å². The molecule has 0 aliphatic rings. The van der Waals surface area contributed by atoms with Crippen LogP contribution in [0.1, 0.15) is 5.01 Å². The lowest BCUT2D eigenvalue weighted by Crippen LogP contribution is -1.76. The molecular formula is C11H8N2OS. The van der Waals surface area contributed by atoms with Crippen LogP contribution in [0.15, 0.2) is 34.6 Å².